The number of aryl methyl sites for hydroxylation is 1. The number of amides is 2. The summed E-state index contributed by atoms with van der Waals surface area (Å²) < 4.78 is 32.5. The van der Waals surface area contributed by atoms with Crippen molar-refractivity contribution in [1.82, 2.24) is 19.4 Å². The maximum absolute atomic E-state index is 13.4. The van der Waals surface area contributed by atoms with E-state index in [1.807, 2.05) is 30.3 Å². The minimum atomic E-state index is -3.47. The van der Waals surface area contributed by atoms with Gasteiger partial charge in [0.15, 0.2) is 0 Å². The number of ether oxygens (including phenoxy) is 1. The van der Waals surface area contributed by atoms with Gasteiger partial charge in [-0.2, -0.15) is 4.31 Å². The maximum atomic E-state index is 13.4. The monoisotopic (exact) mass is 556 g/mol. The van der Waals surface area contributed by atoms with Crippen LogP contribution in [0.15, 0.2) is 59.5 Å². The molecule has 1 N–H and O–H groups in total. The van der Waals surface area contributed by atoms with E-state index in [2.05, 4.69) is 10.2 Å². The Labute approximate surface area is 232 Å². The molecular formula is C29H40N4O5S. The van der Waals surface area contributed by atoms with Crippen molar-refractivity contribution in [3.05, 3.63) is 65.7 Å². The van der Waals surface area contributed by atoms with E-state index in [4.69, 9.17) is 4.74 Å². The first-order valence-electron chi connectivity index (χ1n) is 13.8. The third-order valence-corrected chi connectivity index (χ3v) is 9.36. The molecule has 212 valence electrons. The van der Waals surface area contributed by atoms with E-state index in [0.29, 0.717) is 45.8 Å². The number of carbonyl (C=O) groups excluding carboxylic acids is 2. The van der Waals surface area contributed by atoms with Crippen molar-refractivity contribution in [2.75, 3.05) is 52.5 Å². The molecular weight excluding hydrogens is 516 g/mol. The van der Waals surface area contributed by atoms with Crippen LogP contribution in [-0.4, -0.2) is 92.9 Å². The number of carbonyl (C=O) groups is 2. The smallest absolute Gasteiger partial charge is 0.243 e. The van der Waals surface area contributed by atoms with Gasteiger partial charge in [0, 0.05) is 52.2 Å². The van der Waals surface area contributed by atoms with Gasteiger partial charge >= 0.3 is 0 Å². The molecule has 2 heterocycles. The highest BCUT2D eigenvalue weighted by Gasteiger charge is 2.28. The molecule has 1 atom stereocenters. The van der Waals surface area contributed by atoms with Crippen LogP contribution in [0.25, 0.3) is 0 Å². The van der Waals surface area contributed by atoms with Crippen LogP contribution in [0.4, 0.5) is 0 Å². The lowest BCUT2D eigenvalue weighted by Crippen LogP contribution is -2.49. The SMILES string of the molecule is CC(C(=O)NCCN1CCOCC1)N(Cc1ccccc1)C(=O)CCc1ccc(S(=O)(=O)N2CCCC2)cc1. The first-order chi connectivity index (χ1) is 18.8. The normalized spacial score (nSPS) is 17.6. The molecule has 9 nitrogen and oxygen atoms in total. The highest BCUT2D eigenvalue weighted by atomic mass is 32.2. The minimum absolute atomic E-state index is 0.122. The molecule has 2 saturated heterocycles. The standard InChI is InChI=1S/C29H40N4O5S/c1-24(29(35)30-15-18-31-19-21-38-22-20-31)33(23-26-7-3-2-4-8-26)28(34)14-11-25-9-12-27(13-10-25)39(36,37)32-16-5-6-17-32/h2-4,7-10,12-13,24H,5-6,11,14-23H2,1H3,(H,30,35). The van der Waals surface area contributed by atoms with Crippen LogP contribution >= 0.6 is 0 Å². The quantitative estimate of drug-likeness (QED) is 0.431. The first-order valence-corrected chi connectivity index (χ1v) is 15.3. The summed E-state index contributed by atoms with van der Waals surface area (Å²) in [5.74, 6) is -0.299. The second-order valence-corrected chi connectivity index (χ2v) is 12.1. The van der Waals surface area contributed by atoms with Gasteiger partial charge in [-0.05, 0) is 49.4 Å². The zero-order valence-corrected chi connectivity index (χ0v) is 23.6. The van der Waals surface area contributed by atoms with Crippen LogP contribution in [0, 0.1) is 0 Å². The maximum Gasteiger partial charge on any atom is 0.243 e. The van der Waals surface area contributed by atoms with Crippen LogP contribution in [0.5, 0.6) is 0 Å². The molecule has 10 heteroatoms. The molecule has 0 aliphatic carbocycles. The van der Waals surface area contributed by atoms with Crippen molar-refractivity contribution in [2.24, 2.45) is 0 Å². The van der Waals surface area contributed by atoms with Gasteiger partial charge in [-0.25, -0.2) is 8.42 Å². The lowest BCUT2D eigenvalue weighted by molar-refractivity contribution is -0.140. The summed E-state index contributed by atoms with van der Waals surface area (Å²) >= 11 is 0. The third-order valence-electron chi connectivity index (χ3n) is 7.45. The second-order valence-electron chi connectivity index (χ2n) is 10.2. The van der Waals surface area contributed by atoms with E-state index in [1.165, 1.54) is 4.31 Å². The number of benzene rings is 2. The molecule has 2 aromatic carbocycles. The number of nitrogens with one attached hydrogen (secondary N) is 1. The van der Waals surface area contributed by atoms with E-state index < -0.39 is 16.1 Å². The third kappa shape index (κ3) is 8.11. The predicted octanol–water partition coefficient (Wildman–Crippen LogP) is 2.27. The van der Waals surface area contributed by atoms with E-state index in [-0.39, 0.29) is 23.1 Å². The Bertz CT molecular complexity index is 1180. The summed E-state index contributed by atoms with van der Waals surface area (Å²) in [5.41, 5.74) is 1.83. The highest BCUT2D eigenvalue weighted by Crippen LogP contribution is 2.21. The molecule has 0 spiro atoms. The topological polar surface area (TPSA) is 99.3 Å². The van der Waals surface area contributed by atoms with Gasteiger partial charge in [0.25, 0.3) is 0 Å². The van der Waals surface area contributed by atoms with E-state index >= 15 is 0 Å². The van der Waals surface area contributed by atoms with Crippen LogP contribution in [0.2, 0.25) is 0 Å². The summed E-state index contributed by atoms with van der Waals surface area (Å²) in [6.45, 7) is 7.63. The number of hydrogen-bond donors (Lipinski definition) is 1. The van der Waals surface area contributed by atoms with Gasteiger partial charge in [0.1, 0.15) is 6.04 Å². The van der Waals surface area contributed by atoms with Crippen LogP contribution in [0.1, 0.15) is 37.3 Å². The predicted molar refractivity (Wildman–Crippen MR) is 149 cm³/mol. The molecule has 2 aromatic rings. The molecule has 0 bridgehead atoms. The zero-order valence-electron chi connectivity index (χ0n) is 22.8. The number of sulfonamides is 1. The fourth-order valence-corrected chi connectivity index (χ4v) is 6.49. The molecule has 2 aliphatic heterocycles. The molecule has 1 unspecified atom stereocenters. The van der Waals surface area contributed by atoms with Crippen molar-refractivity contribution in [3.8, 4) is 0 Å². The van der Waals surface area contributed by atoms with Crippen LogP contribution in [0.3, 0.4) is 0 Å². The van der Waals surface area contributed by atoms with Crippen LogP contribution < -0.4 is 5.32 Å². The zero-order chi connectivity index (χ0) is 27.7. The molecule has 2 aliphatic rings. The lowest BCUT2D eigenvalue weighted by atomic mass is 10.1. The molecule has 2 fully saturated rings. The molecule has 0 aromatic heterocycles. The van der Waals surface area contributed by atoms with Crippen LogP contribution in [-0.2, 0) is 37.3 Å². The summed E-state index contributed by atoms with van der Waals surface area (Å²) in [6, 6.07) is 15.8. The molecule has 0 radical (unpaired) electrons. The van der Waals surface area contributed by atoms with E-state index in [0.717, 1.165) is 43.6 Å². The van der Waals surface area contributed by atoms with E-state index in [1.54, 1.807) is 36.1 Å². The Morgan fingerprint density at radius 1 is 0.949 bits per heavy atom. The van der Waals surface area contributed by atoms with Crippen molar-refractivity contribution in [3.63, 3.8) is 0 Å². The highest BCUT2D eigenvalue weighted by molar-refractivity contribution is 7.89. The van der Waals surface area contributed by atoms with Crippen molar-refractivity contribution in [1.29, 1.82) is 0 Å². The number of hydrogen-bond acceptors (Lipinski definition) is 6. The minimum Gasteiger partial charge on any atom is -0.379 e. The fraction of sp³-hybridized carbons (Fsp3) is 0.517. The van der Waals surface area contributed by atoms with Gasteiger partial charge < -0.3 is 15.0 Å². The fourth-order valence-electron chi connectivity index (χ4n) is 4.97. The average molecular weight is 557 g/mol. The number of rotatable bonds is 12. The van der Waals surface area contributed by atoms with Gasteiger partial charge in [0.2, 0.25) is 21.8 Å². The largest absolute Gasteiger partial charge is 0.379 e. The Hall–Kier alpha value is -2.79. The van der Waals surface area contributed by atoms with Crippen molar-refractivity contribution in [2.45, 2.75) is 50.1 Å². The summed E-state index contributed by atoms with van der Waals surface area (Å²) in [4.78, 5) is 30.6. The summed E-state index contributed by atoms with van der Waals surface area (Å²) in [6.07, 6.45) is 2.46. The molecule has 2 amide bonds. The van der Waals surface area contributed by atoms with Gasteiger partial charge in [-0.15, -0.1) is 0 Å². The molecule has 4 rings (SSSR count). The van der Waals surface area contributed by atoms with Crippen molar-refractivity contribution < 1.29 is 22.7 Å². The Morgan fingerprint density at radius 3 is 2.28 bits per heavy atom. The average Bonchev–Trinajstić information content (AvgIpc) is 3.52. The number of nitrogens with zero attached hydrogens (tertiary/aromatic N) is 3. The Balaban J connectivity index is 1.35. The van der Waals surface area contributed by atoms with Gasteiger partial charge in [-0.1, -0.05) is 42.5 Å². The second kappa shape index (κ2) is 14.0. The summed E-state index contributed by atoms with van der Waals surface area (Å²) in [5, 5.41) is 2.99. The lowest BCUT2D eigenvalue weighted by Gasteiger charge is -2.30. The first kappa shape index (κ1) is 29.2. The molecule has 0 saturated carbocycles. The Kier molecular flexibility index (Phi) is 10.5. The van der Waals surface area contributed by atoms with Gasteiger partial charge in [0.05, 0.1) is 18.1 Å². The summed E-state index contributed by atoms with van der Waals surface area (Å²) in [7, 11) is -3.47. The van der Waals surface area contributed by atoms with Crippen molar-refractivity contribution >= 4 is 21.8 Å². The number of morpholine rings is 1. The van der Waals surface area contributed by atoms with E-state index in [9.17, 15) is 18.0 Å². The molecule has 39 heavy (non-hydrogen) atoms. The Morgan fingerprint density at radius 2 is 1.62 bits per heavy atom. The van der Waals surface area contributed by atoms with Gasteiger partial charge in [-0.3, -0.25) is 14.5 Å².